The van der Waals surface area contributed by atoms with Crippen LogP contribution in [-0.2, 0) is 10.5 Å². The molecular weight excluding hydrogens is 400 g/mol. The highest BCUT2D eigenvalue weighted by atomic mass is 32.2. The fourth-order valence-corrected chi connectivity index (χ4v) is 3.47. The number of hydrogen-bond acceptors (Lipinski definition) is 7. The second kappa shape index (κ2) is 10.8. The Kier molecular flexibility index (Phi) is 7.92. The number of carbonyl (C=O) groups excluding carboxylic acids is 1. The van der Waals surface area contributed by atoms with Crippen molar-refractivity contribution in [3.05, 3.63) is 59.7 Å². The van der Waals surface area contributed by atoms with Gasteiger partial charge in [0.15, 0.2) is 10.9 Å². The summed E-state index contributed by atoms with van der Waals surface area (Å²) in [5.41, 5.74) is 3.01. The summed E-state index contributed by atoms with van der Waals surface area (Å²) in [4.78, 5) is 21.2. The monoisotopic (exact) mass is 426 g/mol. The summed E-state index contributed by atoms with van der Waals surface area (Å²) in [6, 6.07) is 9.69. The zero-order valence-corrected chi connectivity index (χ0v) is 18.2. The van der Waals surface area contributed by atoms with Crippen molar-refractivity contribution in [3.63, 3.8) is 0 Å². The van der Waals surface area contributed by atoms with Crippen molar-refractivity contribution in [1.29, 1.82) is 0 Å². The summed E-state index contributed by atoms with van der Waals surface area (Å²) in [5.74, 6) is 0.215. The number of aromatic nitrogens is 5. The van der Waals surface area contributed by atoms with Crippen molar-refractivity contribution < 1.29 is 9.53 Å². The highest BCUT2D eigenvalue weighted by Gasteiger charge is 2.21. The number of ether oxygens (including phenoxy) is 1. The first-order valence-electron chi connectivity index (χ1n) is 9.86. The first kappa shape index (κ1) is 21.9. The minimum atomic E-state index is -0.248. The van der Waals surface area contributed by atoms with Crippen LogP contribution in [0.1, 0.15) is 42.0 Å². The lowest BCUT2D eigenvalue weighted by Gasteiger charge is -2.09. The molecule has 30 heavy (non-hydrogen) atoms. The molecule has 0 saturated heterocycles. The van der Waals surface area contributed by atoms with E-state index in [1.54, 1.807) is 23.1 Å². The van der Waals surface area contributed by atoms with Crippen molar-refractivity contribution in [2.75, 3.05) is 13.2 Å². The lowest BCUT2D eigenvalue weighted by atomic mass is 10.2. The molecule has 0 aliphatic carbocycles. The van der Waals surface area contributed by atoms with Crippen molar-refractivity contribution in [2.24, 2.45) is 0 Å². The quantitative estimate of drug-likeness (QED) is 0.302. The van der Waals surface area contributed by atoms with Gasteiger partial charge in [-0.05, 0) is 45.4 Å². The molecule has 1 amide bonds. The Morgan fingerprint density at radius 3 is 2.63 bits per heavy atom. The van der Waals surface area contributed by atoms with E-state index in [1.807, 2.05) is 45.0 Å². The Morgan fingerprint density at radius 1 is 1.20 bits per heavy atom. The molecule has 2 heterocycles. The van der Waals surface area contributed by atoms with E-state index in [1.165, 1.54) is 11.8 Å². The predicted molar refractivity (Wildman–Crippen MR) is 116 cm³/mol. The number of carbonyl (C=O) groups is 1. The highest BCUT2D eigenvalue weighted by molar-refractivity contribution is 7.98. The summed E-state index contributed by atoms with van der Waals surface area (Å²) in [6.07, 6.45) is 4.30. The van der Waals surface area contributed by atoms with Gasteiger partial charge in [0, 0.05) is 31.3 Å². The molecule has 3 aromatic rings. The van der Waals surface area contributed by atoms with E-state index >= 15 is 0 Å². The molecule has 2 aromatic heterocycles. The third-order valence-corrected chi connectivity index (χ3v) is 5.08. The van der Waals surface area contributed by atoms with Crippen LogP contribution in [0.3, 0.4) is 0 Å². The van der Waals surface area contributed by atoms with Gasteiger partial charge in [0.25, 0.3) is 5.91 Å². The minimum absolute atomic E-state index is 0.180. The molecule has 0 bridgehead atoms. The van der Waals surface area contributed by atoms with Gasteiger partial charge < -0.3 is 10.1 Å². The van der Waals surface area contributed by atoms with E-state index in [-0.39, 0.29) is 12.0 Å². The van der Waals surface area contributed by atoms with E-state index in [0.29, 0.717) is 35.4 Å². The Morgan fingerprint density at radius 2 is 1.93 bits per heavy atom. The van der Waals surface area contributed by atoms with Crippen molar-refractivity contribution in [3.8, 4) is 5.69 Å². The lowest BCUT2D eigenvalue weighted by molar-refractivity contribution is 0.0756. The predicted octanol–water partition coefficient (Wildman–Crippen LogP) is 3.20. The van der Waals surface area contributed by atoms with E-state index in [9.17, 15) is 4.79 Å². The molecule has 1 aromatic carbocycles. The number of thioether (sulfide) groups is 1. The average Bonchev–Trinajstić information content (AvgIpc) is 3.17. The molecule has 8 nitrogen and oxygen atoms in total. The second-order valence-electron chi connectivity index (χ2n) is 6.98. The van der Waals surface area contributed by atoms with E-state index in [0.717, 1.165) is 17.7 Å². The molecule has 0 fully saturated rings. The zero-order valence-electron chi connectivity index (χ0n) is 17.4. The number of amides is 1. The number of nitrogens with one attached hydrogen (secondary N) is 1. The molecule has 0 saturated carbocycles. The van der Waals surface area contributed by atoms with Gasteiger partial charge in [0.2, 0.25) is 0 Å². The lowest BCUT2D eigenvalue weighted by Crippen LogP contribution is -2.27. The molecule has 158 valence electrons. The summed E-state index contributed by atoms with van der Waals surface area (Å²) in [7, 11) is 0. The fourth-order valence-electron chi connectivity index (χ4n) is 2.67. The molecule has 0 spiro atoms. The first-order valence-corrected chi connectivity index (χ1v) is 10.8. The van der Waals surface area contributed by atoms with Gasteiger partial charge in [-0.3, -0.25) is 4.79 Å². The zero-order chi connectivity index (χ0) is 21.3. The van der Waals surface area contributed by atoms with Gasteiger partial charge in [0.1, 0.15) is 0 Å². The molecule has 0 unspecified atom stereocenters. The third kappa shape index (κ3) is 6.11. The van der Waals surface area contributed by atoms with Crippen LogP contribution < -0.4 is 5.32 Å². The first-order chi connectivity index (χ1) is 14.5. The molecular formula is C21H26N6O2S. The molecule has 1 N–H and O–H groups in total. The maximum atomic E-state index is 12.8. The standard InChI is InChI=1S/C21H26N6O2S/c1-15(2)29-13-5-12-22-20(28)19-18(14-30-21-23-10-4-11-24-21)27(26-25-19)17-8-6-16(3)7-9-17/h4,6-11,15H,5,12-14H2,1-3H3,(H,22,28). The topological polar surface area (TPSA) is 94.8 Å². The summed E-state index contributed by atoms with van der Waals surface area (Å²) < 4.78 is 7.21. The smallest absolute Gasteiger partial charge is 0.273 e. The van der Waals surface area contributed by atoms with Gasteiger partial charge in [-0.2, -0.15) is 0 Å². The van der Waals surface area contributed by atoms with Gasteiger partial charge in [0.05, 0.1) is 17.5 Å². The van der Waals surface area contributed by atoms with Crippen LogP contribution in [0.5, 0.6) is 0 Å². The largest absolute Gasteiger partial charge is 0.379 e. The Labute approximate surface area is 180 Å². The van der Waals surface area contributed by atoms with E-state index in [2.05, 4.69) is 25.6 Å². The van der Waals surface area contributed by atoms with Crippen LogP contribution >= 0.6 is 11.8 Å². The van der Waals surface area contributed by atoms with Crippen LogP contribution in [0.15, 0.2) is 47.9 Å². The van der Waals surface area contributed by atoms with Gasteiger partial charge in [-0.1, -0.05) is 34.7 Å². The highest BCUT2D eigenvalue weighted by Crippen LogP contribution is 2.23. The van der Waals surface area contributed by atoms with Crippen LogP contribution in [0.2, 0.25) is 0 Å². The Balaban J connectivity index is 1.76. The van der Waals surface area contributed by atoms with Gasteiger partial charge >= 0.3 is 0 Å². The molecule has 0 aliphatic heterocycles. The summed E-state index contributed by atoms with van der Waals surface area (Å²) >= 11 is 1.43. The molecule has 0 aliphatic rings. The van der Waals surface area contributed by atoms with Crippen molar-refractivity contribution in [2.45, 2.75) is 44.2 Å². The number of aryl methyl sites for hydroxylation is 1. The third-order valence-electron chi connectivity index (χ3n) is 4.19. The SMILES string of the molecule is Cc1ccc(-n2nnc(C(=O)NCCCOC(C)C)c2CSc2ncccn2)cc1. The average molecular weight is 427 g/mol. The molecule has 0 radical (unpaired) electrons. The van der Waals surface area contributed by atoms with Gasteiger partial charge in [-0.15, -0.1) is 5.10 Å². The van der Waals surface area contributed by atoms with Gasteiger partial charge in [-0.25, -0.2) is 14.6 Å². The Hall–Kier alpha value is -2.78. The van der Waals surface area contributed by atoms with E-state index in [4.69, 9.17) is 4.74 Å². The molecule has 9 heteroatoms. The van der Waals surface area contributed by atoms with Crippen LogP contribution in [0, 0.1) is 6.92 Å². The van der Waals surface area contributed by atoms with Crippen LogP contribution in [-0.4, -0.2) is 50.1 Å². The Bertz CT molecular complexity index is 944. The second-order valence-corrected chi connectivity index (χ2v) is 7.92. The van der Waals surface area contributed by atoms with Crippen LogP contribution in [0.25, 0.3) is 5.69 Å². The van der Waals surface area contributed by atoms with Crippen molar-refractivity contribution >= 4 is 17.7 Å². The fraction of sp³-hybridized carbons (Fsp3) is 0.381. The van der Waals surface area contributed by atoms with Crippen molar-refractivity contribution in [1.82, 2.24) is 30.3 Å². The number of hydrogen-bond donors (Lipinski definition) is 1. The molecule has 3 rings (SSSR count). The number of nitrogens with zero attached hydrogens (tertiary/aromatic N) is 5. The summed E-state index contributed by atoms with van der Waals surface area (Å²) in [6.45, 7) is 7.11. The maximum Gasteiger partial charge on any atom is 0.273 e. The molecule has 0 atom stereocenters. The van der Waals surface area contributed by atoms with E-state index < -0.39 is 0 Å². The number of benzene rings is 1. The maximum absolute atomic E-state index is 12.8. The number of rotatable bonds is 10. The minimum Gasteiger partial charge on any atom is -0.379 e. The van der Waals surface area contributed by atoms with Crippen LogP contribution in [0.4, 0.5) is 0 Å². The normalized spacial score (nSPS) is 11.1. The summed E-state index contributed by atoms with van der Waals surface area (Å²) in [5, 5.41) is 12.0.